The van der Waals surface area contributed by atoms with Gasteiger partial charge in [-0.1, -0.05) is 19.1 Å². The maximum Gasteiger partial charge on any atom is 0.269 e. The third-order valence-electron chi connectivity index (χ3n) is 3.56. The van der Waals surface area contributed by atoms with Gasteiger partial charge in [0.1, 0.15) is 0 Å². The molecule has 98 valence electrons. The van der Waals surface area contributed by atoms with Crippen molar-refractivity contribution in [3.8, 4) is 0 Å². The van der Waals surface area contributed by atoms with Gasteiger partial charge in [-0.15, -0.1) is 0 Å². The molecule has 1 fully saturated rings. The molecular formula is C13H18N2O3. The zero-order chi connectivity index (χ0) is 13.1. The first-order chi connectivity index (χ1) is 8.56. The minimum Gasteiger partial charge on any atom is -0.392 e. The Bertz CT molecular complexity index is 419. The molecule has 1 saturated heterocycles. The second-order valence-electron chi connectivity index (χ2n) is 4.99. The highest BCUT2D eigenvalue weighted by Gasteiger charge is 2.24. The second-order valence-corrected chi connectivity index (χ2v) is 4.99. The molecule has 0 spiro atoms. The Morgan fingerprint density at radius 1 is 1.44 bits per heavy atom. The predicted octanol–water partition coefficient (Wildman–Crippen LogP) is 1.80. The van der Waals surface area contributed by atoms with E-state index >= 15 is 0 Å². The van der Waals surface area contributed by atoms with Gasteiger partial charge in [0, 0.05) is 25.2 Å². The highest BCUT2D eigenvalue weighted by molar-refractivity contribution is 5.32. The van der Waals surface area contributed by atoms with Crippen molar-refractivity contribution in [3.63, 3.8) is 0 Å². The van der Waals surface area contributed by atoms with E-state index in [0.717, 1.165) is 25.1 Å². The van der Waals surface area contributed by atoms with Crippen molar-refractivity contribution in [2.24, 2.45) is 5.92 Å². The summed E-state index contributed by atoms with van der Waals surface area (Å²) in [5.41, 5.74) is 1.16. The van der Waals surface area contributed by atoms with E-state index in [9.17, 15) is 15.2 Å². The smallest absolute Gasteiger partial charge is 0.269 e. The van der Waals surface area contributed by atoms with Crippen molar-refractivity contribution in [2.75, 3.05) is 13.1 Å². The van der Waals surface area contributed by atoms with Crippen molar-refractivity contribution < 1.29 is 10.0 Å². The van der Waals surface area contributed by atoms with Crippen LogP contribution in [0.4, 0.5) is 5.69 Å². The number of aliphatic hydroxyl groups is 1. The Morgan fingerprint density at radius 3 is 2.67 bits per heavy atom. The normalized spacial score (nSPS) is 25.0. The summed E-state index contributed by atoms with van der Waals surface area (Å²) in [6, 6.07) is 6.61. The molecule has 1 N–H and O–H groups in total. The lowest BCUT2D eigenvalue weighted by Crippen LogP contribution is -2.42. The van der Waals surface area contributed by atoms with Crippen LogP contribution in [0.2, 0.25) is 0 Å². The molecule has 1 aromatic carbocycles. The quantitative estimate of drug-likeness (QED) is 0.656. The minimum absolute atomic E-state index is 0.117. The zero-order valence-electron chi connectivity index (χ0n) is 10.5. The summed E-state index contributed by atoms with van der Waals surface area (Å²) in [6.07, 6.45) is 0.727. The van der Waals surface area contributed by atoms with E-state index in [1.165, 1.54) is 12.1 Å². The van der Waals surface area contributed by atoms with Crippen molar-refractivity contribution in [3.05, 3.63) is 39.9 Å². The van der Waals surface area contributed by atoms with Crippen LogP contribution >= 0.6 is 0 Å². The van der Waals surface area contributed by atoms with Gasteiger partial charge in [-0.05, 0) is 24.4 Å². The van der Waals surface area contributed by atoms with Gasteiger partial charge < -0.3 is 5.11 Å². The number of nitro benzene ring substituents is 1. The zero-order valence-corrected chi connectivity index (χ0v) is 10.5. The Labute approximate surface area is 106 Å². The minimum atomic E-state index is -0.393. The monoisotopic (exact) mass is 250 g/mol. The van der Waals surface area contributed by atoms with Crippen LogP contribution in [0.15, 0.2) is 24.3 Å². The summed E-state index contributed by atoms with van der Waals surface area (Å²) >= 11 is 0. The number of aliphatic hydroxyl groups excluding tert-OH is 1. The average Bonchev–Trinajstić information content (AvgIpc) is 2.34. The number of hydrogen-bond donors (Lipinski definition) is 1. The molecule has 2 rings (SSSR count). The molecular weight excluding hydrogens is 232 g/mol. The molecule has 1 heterocycles. The topological polar surface area (TPSA) is 66.6 Å². The van der Waals surface area contributed by atoms with Crippen molar-refractivity contribution >= 4 is 5.69 Å². The van der Waals surface area contributed by atoms with E-state index in [-0.39, 0.29) is 11.8 Å². The fourth-order valence-electron chi connectivity index (χ4n) is 2.24. The van der Waals surface area contributed by atoms with Crippen LogP contribution in [0, 0.1) is 16.0 Å². The number of β-amino-alcohol motifs (C(OH)–C–C–N with tert-alkyl or cyclic N) is 1. The molecule has 0 aromatic heterocycles. The summed E-state index contributed by atoms with van der Waals surface area (Å²) in [5.74, 6) is 0.359. The van der Waals surface area contributed by atoms with Gasteiger partial charge >= 0.3 is 0 Å². The summed E-state index contributed by atoms with van der Waals surface area (Å²) in [4.78, 5) is 12.3. The number of nitro groups is 1. The summed E-state index contributed by atoms with van der Waals surface area (Å²) in [7, 11) is 0. The molecule has 1 aromatic rings. The van der Waals surface area contributed by atoms with E-state index in [4.69, 9.17) is 0 Å². The molecule has 18 heavy (non-hydrogen) atoms. The Kier molecular flexibility index (Phi) is 3.93. The first-order valence-electron chi connectivity index (χ1n) is 6.20. The molecule has 5 nitrogen and oxygen atoms in total. The molecule has 0 radical (unpaired) electrons. The number of non-ortho nitro benzene ring substituents is 1. The summed E-state index contributed by atoms with van der Waals surface area (Å²) in [5, 5.41) is 20.4. The lowest BCUT2D eigenvalue weighted by Gasteiger charge is -2.34. The second kappa shape index (κ2) is 5.46. The van der Waals surface area contributed by atoms with Gasteiger partial charge in [-0.25, -0.2) is 0 Å². The standard InChI is InChI=1S/C13H18N2O3/c1-10-6-7-14(9-13(10)16)8-11-2-4-12(5-3-11)15(17)18/h2-5,10,13,16H,6-9H2,1H3. The molecule has 0 bridgehead atoms. The highest BCUT2D eigenvalue weighted by atomic mass is 16.6. The van der Waals surface area contributed by atoms with Crippen LogP contribution in [-0.4, -0.2) is 34.1 Å². The molecule has 0 saturated carbocycles. The van der Waals surface area contributed by atoms with Gasteiger partial charge in [0.05, 0.1) is 11.0 Å². The fourth-order valence-corrected chi connectivity index (χ4v) is 2.24. The summed E-state index contributed by atoms with van der Waals surface area (Å²) in [6.45, 7) is 4.45. The lowest BCUT2D eigenvalue weighted by atomic mass is 9.96. The maximum atomic E-state index is 10.5. The first kappa shape index (κ1) is 13.0. The number of benzene rings is 1. The SMILES string of the molecule is CC1CCN(Cc2ccc([N+](=O)[O-])cc2)CC1O. The molecule has 2 atom stereocenters. The van der Waals surface area contributed by atoms with E-state index in [1.54, 1.807) is 12.1 Å². The Balaban J connectivity index is 1.95. The van der Waals surface area contributed by atoms with Crippen LogP contribution in [0.25, 0.3) is 0 Å². The number of hydrogen-bond acceptors (Lipinski definition) is 4. The van der Waals surface area contributed by atoms with Crippen molar-refractivity contribution in [1.29, 1.82) is 0 Å². The van der Waals surface area contributed by atoms with Crippen LogP contribution in [-0.2, 0) is 6.54 Å². The average molecular weight is 250 g/mol. The largest absolute Gasteiger partial charge is 0.392 e. The molecule has 2 unspecified atom stereocenters. The maximum absolute atomic E-state index is 10.5. The van der Waals surface area contributed by atoms with Gasteiger partial charge in [0.25, 0.3) is 5.69 Å². The van der Waals surface area contributed by atoms with Gasteiger partial charge in [0.2, 0.25) is 0 Å². The van der Waals surface area contributed by atoms with E-state index in [1.807, 2.05) is 0 Å². The Morgan fingerprint density at radius 2 is 2.11 bits per heavy atom. The summed E-state index contributed by atoms with van der Waals surface area (Å²) < 4.78 is 0. The fraction of sp³-hybridized carbons (Fsp3) is 0.538. The third-order valence-corrected chi connectivity index (χ3v) is 3.56. The first-order valence-corrected chi connectivity index (χ1v) is 6.20. The number of nitrogens with zero attached hydrogens (tertiary/aromatic N) is 2. The van der Waals surface area contributed by atoms with Crippen LogP contribution in [0.1, 0.15) is 18.9 Å². The number of rotatable bonds is 3. The van der Waals surface area contributed by atoms with Crippen molar-refractivity contribution in [2.45, 2.75) is 26.0 Å². The number of piperidine rings is 1. The van der Waals surface area contributed by atoms with Crippen LogP contribution in [0.5, 0.6) is 0 Å². The Hall–Kier alpha value is -1.46. The van der Waals surface area contributed by atoms with Gasteiger partial charge in [-0.3, -0.25) is 15.0 Å². The van der Waals surface area contributed by atoms with E-state index in [0.29, 0.717) is 12.5 Å². The van der Waals surface area contributed by atoms with Crippen LogP contribution < -0.4 is 0 Å². The molecule has 5 heteroatoms. The molecule has 0 aliphatic carbocycles. The third kappa shape index (κ3) is 3.05. The molecule has 0 amide bonds. The van der Waals surface area contributed by atoms with E-state index < -0.39 is 4.92 Å². The van der Waals surface area contributed by atoms with Gasteiger partial charge in [-0.2, -0.15) is 0 Å². The predicted molar refractivity (Wildman–Crippen MR) is 68.2 cm³/mol. The lowest BCUT2D eigenvalue weighted by molar-refractivity contribution is -0.384. The number of likely N-dealkylation sites (tertiary alicyclic amines) is 1. The van der Waals surface area contributed by atoms with Gasteiger partial charge in [0.15, 0.2) is 0 Å². The molecule has 1 aliphatic rings. The highest BCUT2D eigenvalue weighted by Crippen LogP contribution is 2.20. The van der Waals surface area contributed by atoms with E-state index in [2.05, 4.69) is 11.8 Å². The van der Waals surface area contributed by atoms with Crippen LogP contribution in [0.3, 0.4) is 0 Å². The van der Waals surface area contributed by atoms with Crippen molar-refractivity contribution in [1.82, 2.24) is 4.90 Å². The molecule has 1 aliphatic heterocycles.